The molecule has 20 heavy (non-hydrogen) atoms. The van der Waals surface area contributed by atoms with Gasteiger partial charge in [-0.15, -0.1) is 0 Å². The Labute approximate surface area is 118 Å². The van der Waals surface area contributed by atoms with Crippen LogP contribution in [0.15, 0.2) is 23.1 Å². The standard InChI is InChI=1S/C13H18N2O4S/c1-15(2)13(16)9-4-7-11(19-3)12(8-9)20(17,18)14-10-5-6-10/h4,7-8,10,14H,5-6H2,1-3H3. The number of rotatable bonds is 5. The quantitative estimate of drug-likeness (QED) is 0.874. The van der Waals surface area contributed by atoms with Crippen molar-refractivity contribution in [3.63, 3.8) is 0 Å². The fraction of sp³-hybridized carbons (Fsp3) is 0.462. The maximum absolute atomic E-state index is 12.3. The van der Waals surface area contributed by atoms with Crippen molar-refractivity contribution in [1.29, 1.82) is 0 Å². The molecule has 6 nitrogen and oxygen atoms in total. The Bertz CT molecular complexity index is 621. The molecule has 1 N–H and O–H groups in total. The van der Waals surface area contributed by atoms with E-state index in [0.29, 0.717) is 5.56 Å². The van der Waals surface area contributed by atoms with Gasteiger partial charge in [-0.1, -0.05) is 0 Å². The number of nitrogens with zero attached hydrogens (tertiary/aromatic N) is 1. The van der Waals surface area contributed by atoms with Crippen molar-refractivity contribution < 1.29 is 17.9 Å². The summed E-state index contributed by atoms with van der Waals surface area (Å²) in [4.78, 5) is 13.3. The summed E-state index contributed by atoms with van der Waals surface area (Å²) in [5.74, 6) is -0.0241. The van der Waals surface area contributed by atoms with Crippen LogP contribution in [-0.4, -0.2) is 46.5 Å². The first-order valence-electron chi connectivity index (χ1n) is 6.27. The predicted octanol–water partition coefficient (Wildman–Crippen LogP) is 0.838. The first-order chi connectivity index (χ1) is 9.35. The van der Waals surface area contributed by atoms with Gasteiger partial charge < -0.3 is 9.64 Å². The van der Waals surface area contributed by atoms with E-state index in [-0.39, 0.29) is 22.6 Å². The number of carbonyl (C=O) groups is 1. The first-order valence-corrected chi connectivity index (χ1v) is 7.75. The number of amides is 1. The van der Waals surface area contributed by atoms with Crippen LogP contribution in [0.2, 0.25) is 0 Å². The SMILES string of the molecule is COc1ccc(C(=O)N(C)C)cc1S(=O)(=O)NC1CC1. The van der Waals surface area contributed by atoms with Gasteiger partial charge in [0.2, 0.25) is 10.0 Å². The number of ether oxygens (including phenoxy) is 1. The topological polar surface area (TPSA) is 75.7 Å². The molecule has 1 aromatic rings. The van der Waals surface area contributed by atoms with Crippen LogP contribution in [0.5, 0.6) is 5.75 Å². The molecule has 1 aliphatic carbocycles. The third kappa shape index (κ3) is 3.10. The second-order valence-corrected chi connectivity index (χ2v) is 6.64. The van der Waals surface area contributed by atoms with E-state index < -0.39 is 10.0 Å². The first kappa shape index (κ1) is 14.8. The van der Waals surface area contributed by atoms with Gasteiger partial charge in [-0.05, 0) is 31.0 Å². The Morgan fingerprint density at radius 1 is 1.35 bits per heavy atom. The summed E-state index contributed by atoms with van der Waals surface area (Å²) in [6, 6.07) is 4.40. The molecular formula is C13H18N2O4S. The maximum atomic E-state index is 12.3. The molecule has 0 spiro atoms. The van der Waals surface area contributed by atoms with E-state index >= 15 is 0 Å². The average Bonchev–Trinajstić information content (AvgIpc) is 3.20. The van der Waals surface area contributed by atoms with Crippen LogP contribution in [0.25, 0.3) is 0 Å². The molecule has 0 unspecified atom stereocenters. The average molecular weight is 298 g/mol. The number of benzene rings is 1. The van der Waals surface area contributed by atoms with E-state index in [9.17, 15) is 13.2 Å². The summed E-state index contributed by atoms with van der Waals surface area (Å²) < 4.78 is 32.3. The predicted molar refractivity (Wildman–Crippen MR) is 74.4 cm³/mol. The van der Waals surface area contributed by atoms with Crippen LogP contribution in [-0.2, 0) is 10.0 Å². The molecule has 1 aromatic carbocycles. The highest BCUT2D eigenvalue weighted by Gasteiger charge is 2.30. The van der Waals surface area contributed by atoms with E-state index in [1.165, 1.54) is 24.1 Å². The number of sulfonamides is 1. The normalized spacial score (nSPS) is 14.9. The van der Waals surface area contributed by atoms with Crippen molar-refractivity contribution >= 4 is 15.9 Å². The summed E-state index contributed by atoms with van der Waals surface area (Å²) in [5, 5.41) is 0. The summed E-state index contributed by atoms with van der Waals surface area (Å²) in [7, 11) is 0.963. The molecule has 2 rings (SSSR count). The van der Waals surface area contributed by atoms with Gasteiger partial charge >= 0.3 is 0 Å². The van der Waals surface area contributed by atoms with Crippen molar-refractivity contribution in [2.24, 2.45) is 0 Å². The highest BCUT2D eigenvalue weighted by atomic mass is 32.2. The third-order valence-electron chi connectivity index (χ3n) is 3.01. The van der Waals surface area contributed by atoms with E-state index in [4.69, 9.17) is 4.74 Å². The molecule has 0 atom stereocenters. The Morgan fingerprint density at radius 2 is 2.00 bits per heavy atom. The van der Waals surface area contributed by atoms with Gasteiger partial charge in [-0.3, -0.25) is 4.79 Å². The smallest absolute Gasteiger partial charge is 0.253 e. The highest BCUT2D eigenvalue weighted by molar-refractivity contribution is 7.89. The molecule has 1 saturated carbocycles. The van der Waals surface area contributed by atoms with Crippen molar-refractivity contribution in [2.75, 3.05) is 21.2 Å². The number of hydrogen-bond acceptors (Lipinski definition) is 4. The zero-order valence-corrected chi connectivity index (χ0v) is 12.5. The molecule has 1 amide bonds. The monoisotopic (exact) mass is 298 g/mol. The van der Waals surface area contributed by atoms with Crippen LogP contribution in [0.3, 0.4) is 0 Å². The Balaban J connectivity index is 2.43. The van der Waals surface area contributed by atoms with Gasteiger partial charge in [0.15, 0.2) is 0 Å². The summed E-state index contributed by atoms with van der Waals surface area (Å²) >= 11 is 0. The zero-order valence-electron chi connectivity index (χ0n) is 11.7. The van der Waals surface area contributed by atoms with Gasteiger partial charge in [0.1, 0.15) is 10.6 Å². The van der Waals surface area contributed by atoms with Gasteiger partial charge in [0.25, 0.3) is 5.91 Å². The molecule has 0 aliphatic heterocycles. The summed E-state index contributed by atoms with van der Waals surface area (Å²) in [6.45, 7) is 0. The van der Waals surface area contributed by atoms with E-state index in [0.717, 1.165) is 12.8 Å². The van der Waals surface area contributed by atoms with Gasteiger partial charge in [0, 0.05) is 25.7 Å². The van der Waals surface area contributed by atoms with Crippen LogP contribution in [0.4, 0.5) is 0 Å². The summed E-state index contributed by atoms with van der Waals surface area (Å²) in [5.41, 5.74) is 0.312. The molecule has 0 bridgehead atoms. The van der Waals surface area contributed by atoms with Gasteiger partial charge in [-0.2, -0.15) is 0 Å². The van der Waals surface area contributed by atoms with Crippen LogP contribution >= 0.6 is 0 Å². The van der Waals surface area contributed by atoms with E-state index in [1.807, 2.05) is 0 Å². The van der Waals surface area contributed by atoms with Gasteiger partial charge in [0.05, 0.1) is 7.11 Å². The minimum Gasteiger partial charge on any atom is -0.495 e. The molecule has 0 aromatic heterocycles. The molecule has 0 radical (unpaired) electrons. The lowest BCUT2D eigenvalue weighted by Crippen LogP contribution is -2.27. The number of carbonyl (C=O) groups excluding carboxylic acids is 1. The number of nitrogens with one attached hydrogen (secondary N) is 1. The number of methoxy groups -OCH3 is 1. The Morgan fingerprint density at radius 3 is 2.50 bits per heavy atom. The second-order valence-electron chi connectivity index (χ2n) is 4.96. The van der Waals surface area contributed by atoms with Gasteiger partial charge in [-0.25, -0.2) is 13.1 Å². The lowest BCUT2D eigenvalue weighted by Gasteiger charge is -2.14. The minimum atomic E-state index is -3.67. The van der Waals surface area contributed by atoms with Crippen molar-refractivity contribution in [3.05, 3.63) is 23.8 Å². The molecule has 1 fully saturated rings. The van der Waals surface area contributed by atoms with E-state index in [1.54, 1.807) is 20.2 Å². The minimum absolute atomic E-state index is 0.000370. The van der Waals surface area contributed by atoms with E-state index in [2.05, 4.69) is 4.72 Å². The van der Waals surface area contributed by atoms with Crippen molar-refractivity contribution in [3.8, 4) is 5.75 Å². The maximum Gasteiger partial charge on any atom is 0.253 e. The molecule has 1 aliphatic rings. The lowest BCUT2D eigenvalue weighted by atomic mass is 10.2. The summed E-state index contributed by atoms with van der Waals surface area (Å²) in [6.07, 6.45) is 1.69. The fourth-order valence-corrected chi connectivity index (χ4v) is 3.26. The van der Waals surface area contributed by atoms with Crippen LogP contribution in [0, 0.1) is 0 Å². The van der Waals surface area contributed by atoms with Crippen LogP contribution in [0.1, 0.15) is 23.2 Å². The molecule has 110 valence electrons. The van der Waals surface area contributed by atoms with Crippen molar-refractivity contribution in [1.82, 2.24) is 9.62 Å². The lowest BCUT2D eigenvalue weighted by molar-refractivity contribution is 0.0827. The largest absolute Gasteiger partial charge is 0.495 e. The molecule has 0 saturated heterocycles. The second kappa shape index (κ2) is 5.41. The van der Waals surface area contributed by atoms with Crippen LogP contribution < -0.4 is 9.46 Å². The highest BCUT2D eigenvalue weighted by Crippen LogP contribution is 2.28. The molecule has 0 heterocycles. The molecular weight excluding hydrogens is 280 g/mol. The van der Waals surface area contributed by atoms with Crippen molar-refractivity contribution in [2.45, 2.75) is 23.8 Å². The zero-order chi connectivity index (χ0) is 14.9. The number of hydrogen-bond donors (Lipinski definition) is 1. The molecule has 7 heteroatoms. The third-order valence-corrected chi connectivity index (χ3v) is 4.55. The fourth-order valence-electron chi connectivity index (χ4n) is 1.76. The Hall–Kier alpha value is -1.60. The Kier molecular flexibility index (Phi) is 4.01.